The van der Waals surface area contributed by atoms with Crippen LogP contribution in [0.5, 0.6) is 0 Å². The van der Waals surface area contributed by atoms with Gasteiger partial charge in [-0.25, -0.2) is 0 Å². The van der Waals surface area contributed by atoms with E-state index in [4.69, 9.17) is 5.73 Å². The van der Waals surface area contributed by atoms with Crippen LogP contribution in [0, 0.1) is 0 Å². The van der Waals surface area contributed by atoms with Gasteiger partial charge in [-0.05, 0) is 29.7 Å². The molecule has 1 nitrogen and oxygen atoms in total. The lowest BCUT2D eigenvalue weighted by Gasteiger charge is -2.20. The highest BCUT2D eigenvalue weighted by Gasteiger charge is 2.14. The predicted molar refractivity (Wildman–Crippen MR) is 84.2 cm³/mol. The molecule has 0 aliphatic rings. The van der Waals surface area contributed by atoms with Crippen molar-refractivity contribution >= 4 is 11.8 Å². The van der Waals surface area contributed by atoms with E-state index in [9.17, 15) is 0 Å². The summed E-state index contributed by atoms with van der Waals surface area (Å²) in [4.78, 5) is 0. The fraction of sp³-hybridized carbons (Fsp3) is 0.625. The van der Waals surface area contributed by atoms with E-state index in [1.54, 1.807) is 0 Å². The van der Waals surface area contributed by atoms with E-state index >= 15 is 0 Å². The van der Waals surface area contributed by atoms with Crippen LogP contribution in [0.2, 0.25) is 0 Å². The van der Waals surface area contributed by atoms with E-state index in [1.165, 1.54) is 36.1 Å². The van der Waals surface area contributed by atoms with Crippen molar-refractivity contribution in [3.8, 4) is 0 Å². The summed E-state index contributed by atoms with van der Waals surface area (Å²) in [6, 6.07) is 8.93. The second-order valence-corrected chi connectivity index (χ2v) is 6.39. The van der Waals surface area contributed by atoms with Crippen LogP contribution in [0.1, 0.15) is 57.2 Å². The topological polar surface area (TPSA) is 26.0 Å². The molecule has 0 aromatic heterocycles. The Morgan fingerprint density at radius 3 is 2.33 bits per heavy atom. The lowest BCUT2D eigenvalue weighted by molar-refractivity contribution is 0.710. The highest BCUT2D eigenvalue weighted by atomic mass is 32.2. The lowest BCUT2D eigenvalue weighted by atomic mass is 10.0. The van der Waals surface area contributed by atoms with Gasteiger partial charge in [-0.1, -0.05) is 57.9 Å². The molecule has 2 N–H and O–H groups in total. The summed E-state index contributed by atoms with van der Waals surface area (Å²) in [7, 11) is 0. The number of hydrogen-bond donors (Lipinski definition) is 1. The molecule has 1 aromatic carbocycles. The van der Waals surface area contributed by atoms with Crippen LogP contribution in [0.25, 0.3) is 0 Å². The van der Waals surface area contributed by atoms with Gasteiger partial charge in [0.05, 0.1) is 0 Å². The molecular formula is C16H27NS. The zero-order chi connectivity index (χ0) is 13.4. The summed E-state index contributed by atoms with van der Waals surface area (Å²) in [6.45, 7) is 6.67. The number of unbranched alkanes of at least 4 members (excludes halogenated alkanes) is 2. The van der Waals surface area contributed by atoms with Gasteiger partial charge < -0.3 is 5.73 Å². The van der Waals surface area contributed by atoms with Crippen LogP contribution in [-0.2, 0) is 6.42 Å². The largest absolute Gasteiger partial charge is 0.323 e. The van der Waals surface area contributed by atoms with Crippen molar-refractivity contribution < 1.29 is 0 Å². The summed E-state index contributed by atoms with van der Waals surface area (Å²) in [5.74, 6) is 1.23. The highest BCUT2D eigenvalue weighted by Crippen LogP contribution is 2.25. The third-order valence-electron chi connectivity index (χ3n) is 3.41. The molecule has 0 saturated carbocycles. The minimum Gasteiger partial charge on any atom is -0.323 e. The first-order chi connectivity index (χ1) is 8.69. The molecule has 2 atom stereocenters. The first-order valence-electron chi connectivity index (χ1n) is 7.15. The Labute approximate surface area is 117 Å². The Hall–Kier alpha value is -0.470. The maximum Gasteiger partial charge on any atom is 0.0412 e. The third-order valence-corrected chi connectivity index (χ3v) is 4.75. The molecule has 0 radical (unpaired) electrons. The molecule has 2 heteroatoms. The van der Waals surface area contributed by atoms with Gasteiger partial charge in [-0.2, -0.15) is 11.8 Å². The van der Waals surface area contributed by atoms with E-state index in [1.807, 2.05) is 11.8 Å². The van der Waals surface area contributed by atoms with Crippen LogP contribution in [0.3, 0.4) is 0 Å². The molecule has 18 heavy (non-hydrogen) atoms. The lowest BCUT2D eigenvalue weighted by Crippen LogP contribution is -2.21. The normalized spacial score (nSPS) is 14.4. The molecular weight excluding hydrogens is 238 g/mol. The van der Waals surface area contributed by atoms with Crippen molar-refractivity contribution in [2.24, 2.45) is 5.73 Å². The molecule has 1 rings (SSSR count). The van der Waals surface area contributed by atoms with Crippen molar-refractivity contribution in [2.75, 3.05) is 5.75 Å². The summed E-state index contributed by atoms with van der Waals surface area (Å²) >= 11 is 2.00. The Morgan fingerprint density at radius 2 is 1.78 bits per heavy atom. The maximum absolute atomic E-state index is 6.32. The zero-order valence-corrected chi connectivity index (χ0v) is 12.8. The van der Waals surface area contributed by atoms with Gasteiger partial charge in [0.15, 0.2) is 0 Å². The Morgan fingerprint density at radius 1 is 1.11 bits per heavy atom. The van der Waals surface area contributed by atoms with Crippen LogP contribution in [0.15, 0.2) is 24.3 Å². The van der Waals surface area contributed by atoms with E-state index in [-0.39, 0.29) is 6.04 Å². The van der Waals surface area contributed by atoms with Gasteiger partial charge in [0.25, 0.3) is 0 Å². The minimum absolute atomic E-state index is 0.155. The fourth-order valence-electron chi connectivity index (χ4n) is 1.97. The summed E-state index contributed by atoms with van der Waals surface area (Å²) in [5, 5.41) is 0.495. The number of nitrogens with two attached hydrogens (primary N) is 1. The van der Waals surface area contributed by atoms with Gasteiger partial charge in [0.1, 0.15) is 0 Å². The second kappa shape index (κ2) is 8.60. The molecule has 1 aromatic rings. The standard InChI is InChI=1S/C16H27NS/c1-4-6-7-12-18-13(3)16(17)15-10-8-14(5-2)9-11-15/h8-11,13,16H,4-7,12,17H2,1-3H3. The monoisotopic (exact) mass is 265 g/mol. The smallest absolute Gasteiger partial charge is 0.0412 e. The molecule has 0 aliphatic heterocycles. The molecule has 0 spiro atoms. The first-order valence-corrected chi connectivity index (χ1v) is 8.19. The fourth-order valence-corrected chi connectivity index (χ4v) is 3.08. The van der Waals surface area contributed by atoms with Crippen molar-refractivity contribution in [3.05, 3.63) is 35.4 Å². The number of hydrogen-bond acceptors (Lipinski definition) is 2. The quantitative estimate of drug-likeness (QED) is 0.697. The zero-order valence-electron chi connectivity index (χ0n) is 12.0. The predicted octanol–water partition coefficient (Wildman–Crippen LogP) is 4.56. The average Bonchev–Trinajstić information content (AvgIpc) is 2.42. The first kappa shape index (κ1) is 15.6. The average molecular weight is 265 g/mol. The van der Waals surface area contributed by atoms with Crippen LogP contribution < -0.4 is 5.73 Å². The number of rotatable bonds is 8. The Kier molecular flexibility index (Phi) is 7.45. The number of benzene rings is 1. The molecule has 0 saturated heterocycles. The van der Waals surface area contributed by atoms with Crippen molar-refractivity contribution in [2.45, 2.75) is 57.7 Å². The molecule has 0 bridgehead atoms. The van der Waals surface area contributed by atoms with Crippen molar-refractivity contribution in [1.29, 1.82) is 0 Å². The van der Waals surface area contributed by atoms with Gasteiger partial charge in [0.2, 0.25) is 0 Å². The van der Waals surface area contributed by atoms with Crippen LogP contribution >= 0.6 is 11.8 Å². The van der Waals surface area contributed by atoms with E-state index < -0.39 is 0 Å². The van der Waals surface area contributed by atoms with Crippen LogP contribution in [-0.4, -0.2) is 11.0 Å². The van der Waals surface area contributed by atoms with E-state index in [0.717, 1.165) is 6.42 Å². The minimum atomic E-state index is 0.155. The van der Waals surface area contributed by atoms with E-state index in [0.29, 0.717) is 5.25 Å². The number of aryl methyl sites for hydroxylation is 1. The highest BCUT2D eigenvalue weighted by molar-refractivity contribution is 7.99. The molecule has 0 fully saturated rings. The summed E-state index contributed by atoms with van der Waals surface area (Å²) < 4.78 is 0. The maximum atomic E-state index is 6.32. The SMILES string of the molecule is CCCCCSC(C)C(N)c1ccc(CC)cc1. The van der Waals surface area contributed by atoms with Crippen molar-refractivity contribution in [3.63, 3.8) is 0 Å². The van der Waals surface area contributed by atoms with Crippen LogP contribution in [0.4, 0.5) is 0 Å². The van der Waals surface area contributed by atoms with Gasteiger partial charge in [-0.3, -0.25) is 0 Å². The van der Waals surface area contributed by atoms with Gasteiger partial charge >= 0.3 is 0 Å². The molecule has 0 heterocycles. The summed E-state index contributed by atoms with van der Waals surface area (Å²) in [5.41, 5.74) is 8.97. The number of thioether (sulfide) groups is 1. The van der Waals surface area contributed by atoms with Gasteiger partial charge in [-0.15, -0.1) is 0 Å². The second-order valence-electron chi connectivity index (χ2n) is 4.90. The molecule has 0 aliphatic carbocycles. The molecule has 102 valence electrons. The molecule has 2 unspecified atom stereocenters. The van der Waals surface area contributed by atoms with E-state index in [2.05, 4.69) is 45.0 Å². The Balaban J connectivity index is 2.43. The third kappa shape index (κ3) is 5.03. The van der Waals surface area contributed by atoms with Crippen molar-refractivity contribution in [1.82, 2.24) is 0 Å². The molecule has 0 amide bonds. The summed E-state index contributed by atoms with van der Waals surface area (Å²) in [6.07, 6.45) is 5.03. The van der Waals surface area contributed by atoms with Gasteiger partial charge in [0, 0.05) is 11.3 Å². The Bertz CT molecular complexity index is 320.